The molecule has 3 saturated carbocycles. The van der Waals surface area contributed by atoms with Crippen LogP contribution in [0.1, 0.15) is 26.2 Å². The summed E-state index contributed by atoms with van der Waals surface area (Å²) in [6, 6.07) is 0.503. The maximum atomic E-state index is 10.6. The van der Waals surface area contributed by atoms with E-state index >= 15 is 0 Å². The van der Waals surface area contributed by atoms with Gasteiger partial charge in [-0.3, -0.25) is 9.69 Å². The minimum absolute atomic E-state index is 0.189. The number of carbonyl (C=O) groups excluding carboxylic acids is 2. The van der Waals surface area contributed by atoms with Gasteiger partial charge in [-0.25, -0.2) is 0 Å². The van der Waals surface area contributed by atoms with Crippen molar-refractivity contribution in [2.45, 2.75) is 32.2 Å². The molecule has 0 aromatic heterocycles. The predicted molar refractivity (Wildman–Crippen MR) is 59.1 cm³/mol. The van der Waals surface area contributed by atoms with Crippen LogP contribution in [0.3, 0.4) is 0 Å². The van der Waals surface area contributed by atoms with Crippen LogP contribution in [0, 0.1) is 17.8 Å². The zero-order valence-electron chi connectivity index (χ0n) is 10.3. The number of hydrogen-bond acceptors (Lipinski definition) is 4. The van der Waals surface area contributed by atoms with Crippen LogP contribution < -0.4 is 0 Å². The third-order valence-electron chi connectivity index (χ3n) is 4.15. The minimum atomic E-state index is -0.709. The van der Waals surface area contributed by atoms with Crippen molar-refractivity contribution < 1.29 is 19.5 Å². The highest BCUT2D eigenvalue weighted by atomic mass is 16.4. The number of carboxylic acids is 1. The molecule has 0 heterocycles. The van der Waals surface area contributed by atoms with Crippen LogP contribution in [0.4, 0.5) is 0 Å². The minimum Gasteiger partial charge on any atom is -0.480 e. The van der Waals surface area contributed by atoms with E-state index in [0.29, 0.717) is 12.0 Å². The van der Waals surface area contributed by atoms with E-state index in [2.05, 4.69) is 6.92 Å². The molecule has 2 atom stereocenters. The Balaban J connectivity index is 0.000000437. The maximum absolute atomic E-state index is 10.6. The molecule has 0 aromatic rings. The van der Waals surface area contributed by atoms with Crippen molar-refractivity contribution in [3.63, 3.8) is 0 Å². The van der Waals surface area contributed by atoms with Crippen molar-refractivity contribution in [3.05, 3.63) is 0 Å². The van der Waals surface area contributed by atoms with E-state index in [1.165, 1.54) is 19.3 Å². The Bertz CT molecular complexity index is 306. The average molecular weight is 241 g/mol. The van der Waals surface area contributed by atoms with Gasteiger partial charge in [0.1, 0.15) is 0 Å². The van der Waals surface area contributed by atoms with Crippen molar-refractivity contribution in [1.82, 2.24) is 4.90 Å². The van der Waals surface area contributed by atoms with Crippen LogP contribution in [-0.4, -0.2) is 41.8 Å². The van der Waals surface area contributed by atoms with E-state index in [1.54, 1.807) is 0 Å². The third kappa shape index (κ3) is 3.38. The molecule has 3 rings (SSSR count). The second-order valence-corrected chi connectivity index (χ2v) is 5.15. The summed E-state index contributed by atoms with van der Waals surface area (Å²) in [5.74, 6) is 1.73. The van der Waals surface area contributed by atoms with E-state index in [4.69, 9.17) is 14.7 Å². The van der Waals surface area contributed by atoms with Gasteiger partial charge >= 0.3 is 12.1 Å². The summed E-state index contributed by atoms with van der Waals surface area (Å²) < 4.78 is 0. The van der Waals surface area contributed by atoms with Gasteiger partial charge in [0.15, 0.2) is 0 Å². The number of likely N-dealkylation sites (N-methyl/N-ethyl adjacent to an activating group) is 1. The summed E-state index contributed by atoms with van der Waals surface area (Å²) in [5.41, 5.74) is 0. The van der Waals surface area contributed by atoms with Crippen molar-refractivity contribution in [3.8, 4) is 0 Å². The summed E-state index contributed by atoms with van der Waals surface area (Å²) in [5, 5.41) is 8.74. The van der Waals surface area contributed by atoms with Crippen molar-refractivity contribution in [2.75, 3.05) is 13.6 Å². The van der Waals surface area contributed by atoms with Crippen LogP contribution >= 0.6 is 0 Å². The van der Waals surface area contributed by atoms with E-state index in [-0.39, 0.29) is 12.7 Å². The molecular weight excluding hydrogens is 222 g/mol. The highest BCUT2D eigenvalue weighted by Gasteiger charge is 2.44. The van der Waals surface area contributed by atoms with Gasteiger partial charge in [-0.1, -0.05) is 6.92 Å². The second-order valence-electron chi connectivity index (χ2n) is 5.15. The summed E-state index contributed by atoms with van der Waals surface area (Å²) in [7, 11) is 1.94. The first kappa shape index (κ1) is 13.9. The molecule has 5 nitrogen and oxygen atoms in total. The molecule has 0 spiro atoms. The van der Waals surface area contributed by atoms with Gasteiger partial charge < -0.3 is 5.11 Å². The van der Waals surface area contributed by atoms with E-state index in [0.717, 1.165) is 11.8 Å². The quantitative estimate of drug-likeness (QED) is 0.793. The van der Waals surface area contributed by atoms with Gasteiger partial charge in [0.25, 0.3) is 0 Å². The lowest BCUT2D eigenvalue weighted by Crippen LogP contribution is -2.51. The molecule has 5 heteroatoms. The molecule has 0 aromatic carbocycles. The maximum Gasteiger partial charge on any atom is 0.373 e. The molecule has 96 valence electrons. The zero-order valence-corrected chi connectivity index (χ0v) is 10.3. The van der Waals surface area contributed by atoms with Gasteiger partial charge in [-0.2, -0.15) is 9.59 Å². The Kier molecular flexibility index (Phi) is 4.85. The second kappa shape index (κ2) is 5.94. The SMILES string of the molecule is C[C@@H]1C2CC(C2)CC1N(C)CC(=O)O.O=C=O. The highest BCUT2D eigenvalue weighted by Crippen LogP contribution is 2.49. The predicted octanol–water partition coefficient (Wildman–Crippen LogP) is 0.854. The van der Waals surface area contributed by atoms with Crippen LogP contribution in [0.2, 0.25) is 0 Å². The number of aliphatic carboxylic acids is 1. The molecule has 0 amide bonds. The molecular formula is C12H19NO4. The first-order valence-corrected chi connectivity index (χ1v) is 5.90. The lowest BCUT2D eigenvalue weighted by Gasteiger charge is -2.52. The Hall–Kier alpha value is -1.19. The van der Waals surface area contributed by atoms with Gasteiger partial charge in [0.05, 0.1) is 6.54 Å². The van der Waals surface area contributed by atoms with E-state index in [1.807, 2.05) is 11.9 Å². The molecule has 2 bridgehead atoms. The first-order valence-electron chi connectivity index (χ1n) is 5.90. The third-order valence-corrected chi connectivity index (χ3v) is 4.15. The Morgan fingerprint density at radius 3 is 2.29 bits per heavy atom. The Labute approximate surface area is 101 Å². The molecule has 17 heavy (non-hydrogen) atoms. The highest BCUT2D eigenvalue weighted by molar-refractivity contribution is 5.69. The number of carboxylic acid groups (broad SMARTS) is 1. The summed E-state index contributed by atoms with van der Waals surface area (Å²) in [6.07, 6.45) is 4.23. The molecule has 3 aliphatic rings. The summed E-state index contributed by atoms with van der Waals surface area (Å²) in [6.45, 7) is 2.47. The Morgan fingerprint density at radius 1 is 1.35 bits per heavy atom. The van der Waals surface area contributed by atoms with Crippen molar-refractivity contribution >= 4 is 12.1 Å². The normalized spacial score (nSPS) is 34.1. The van der Waals surface area contributed by atoms with Gasteiger partial charge in [0.2, 0.25) is 0 Å². The smallest absolute Gasteiger partial charge is 0.373 e. The topological polar surface area (TPSA) is 74.7 Å². The fourth-order valence-corrected chi connectivity index (χ4v) is 3.19. The lowest BCUT2D eigenvalue weighted by molar-refractivity contribution is -0.191. The van der Waals surface area contributed by atoms with Crippen LogP contribution in [-0.2, 0) is 14.4 Å². The zero-order chi connectivity index (χ0) is 13.0. The van der Waals surface area contributed by atoms with Gasteiger partial charge in [-0.15, -0.1) is 0 Å². The fraction of sp³-hybridized carbons (Fsp3) is 0.833. The molecule has 0 radical (unpaired) electrons. The molecule has 3 aliphatic carbocycles. The van der Waals surface area contributed by atoms with Gasteiger partial charge in [-0.05, 0) is 44.1 Å². The number of hydrogen-bond donors (Lipinski definition) is 1. The number of rotatable bonds is 3. The largest absolute Gasteiger partial charge is 0.480 e. The molecule has 3 fully saturated rings. The standard InChI is InChI=1S/C11H19NO2.CO2/c1-7-9-3-8(4-9)5-10(7)12(2)6-11(13)14;2-1-3/h7-10H,3-6H2,1-2H3,(H,13,14);/t7-,8?,9?,10?;/m1./s1. The van der Waals surface area contributed by atoms with Crippen LogP contribution in [0.25, 0.3) is 0 Å². The molecule has 0 aliphatic heterocycles. The first-order chi connectivity index (χ1) is 7.99. The molecule has 1 unspecified atom stereocenters. The van der Waals surface area contributed by atoms with E-state index in [9.17, 15) is 4.79 Å². The van der Waals surface area contributed by atoms with Crippen molar-refractivity contribution in [1.29, 1.82) is 0 Å². The van der Waals surface area contributed by atoms with Crippen molar-refractivity contribution in [2.24, 2.45) is 17.8 Å². The Morgan fingerprint density at radius 2 is 1.88 bits per heavy atom. The summed E-state index contributed by atoms with van der Waals surface area (Å²) >= 11 is 0. The van der Waals surface area contributed by atoms with E-state index < -0.39 is 5.97 Å². The molecule has 0 saturated heterocycles. The summed E-state index contributed by atoms with van der Waals surface area (Å²) in [4.78, 5) is 28.9. The fourth-order valence-electron chi connectivity index (χ4n) is 3.19. The molecule has 1 N–H and O–H groups in total. The lowest BCUT2D eigenvalue weighted by atomic mass is 9.58. The van der Waals surface area contributed by atoms with Gasteiger partial charge in [0, 0.05) is 6.04 Å². The number of nitrogens with zero attached hydrogens (tertiary/aromatic N) is 1. The number of fused-ring (bicyclic) bond motifs is 2. The average Bonchev–Trinajstić information content (AvgIpc) is 2.15. The number of carbonyl (C=O) groups is 1. The monoisotopic (exact) mass is 241 g/mol. The van der Waals surface area contributed by atoms with Crippen LogP contribution in [0.5, 0.6) is 0 Å². The van der Waals surface area contributed by atoms with Crippen LogP contribution in [0.15, 0.2) is 0 Å².